The molecule has 11 aromatic rings. The van der Waals surface area contributed by atoms with Gasteiger partial charge in [-0.1, -0.05) is 152 Å². The molecule has 1 heterocycles. The van der Waals surface area contributed by atoms with Crippen molar-refractivity contribution in [3.63, 3.8) is 0 Å². The lowest BCUT2D eigenvalue weighted by atomic mass is 9.93. The van der Waals surface area contributed by atoms with Crippen molar-refractivity contribution in [2.75, 3.05) is 14.2 Å². The summed E-state index contributed by atoms with van der Waals surface area (Å²) in [5.74, 6) is 2.27. The highest BCUT2D eigenvalue weighted by molar-refractivity contribution is 7.80. The average molecular weight is 829 g/mol. The molecule has 0 fully saturated rings. The minimum atomic E-state index is -2.02. The predicted octanol–water partition coefficient (Wildman–Crippen LogP) is 14.2. The van der Waals surface area contributed by atoms with Crippen molar-refractivity contribution in [1.82, 2.24) is 0 Å². The lowest BCUT2D eigenvalue weighted by Crippen LogP contribution is -2.23. The molecular formula is C54H38O5P2. The van der Waals surface area contributed by atoms with Crippen molar-refractivity contribution in [3.05, 3.63) is 194 Å². The fourth-order valence-electron chi connectivity index (χ4n) is 8.69. The van der Waals surface area contributed by atoms with E-state index in [1.807, 2.05) is 12.1 Å². The molecule has 0 radical (unpaired) electrons. The van der Waals surface area contributed by atoms with Gasteiger partial charge in [0, 0.05) is 21.9 Å². The second-order valence-corrected chi connectivity index (χ2v) is 18.1. The summed E-state index contributed by atoms with van der Waals surface area (Å²) in [5.41, 5.74) is 3.49. The van der Waals surface area contributed by atoms with Gasteiger partial charge in [0.1, 0.15) is 28.4 Å². The second kappa shape index (κ2) is 15.5. The summed E-state index contributed by atoms with van der Waals surface area (Å²) >= 11 is 0. The summed E-state index contributed by atoms with van der Waals surface area (Å²) in [4.78, 5) is 0. The van der Waals surface area contributed by atoms with Crippen LogP contribution in [0.4, 0.5) is 0 Å². The van der Waals surface area contributed by atoms with E-state index in [2.05, 4.69) is 182 Å². The Morgan fingerprint density at radius 1 is 0.410 bits per heavy atom. The third-order valence-electron chi connectivity index (χ3n) is 11.5. The monoisotopic (exact) mass is 828 g/mol. The molecule has 0 aliphatic rings. The number of fused-ring (bicyclic) bond motifs is 9. The highest BCUT2D eigenvalue weighted by atomic mass is 31.1. The van der Waals surface area contributed by atoms with E-state index in [0.29, 0.717) is 16.9 Å². The maximum Gasteiger partial charge on any atom is 0.453 e. The molecule has 0 spiro atoms. The van der Waals surface area contributed by atoms with Gasteiger partial charge < -0.3 is 22.4 Å². The smallest absolute Gasteiger partial charge is 0.453 e. The maximum absolute atomic E-state index is 7.22. The Kier molecular flexibility index (Phi) is 9.42. The number of rotatable bonds is 8. The average Bonchev–Trinajstić information content (AvgIpc) is 3.48. The molecule has 0 atom stereocenters. The van der Waals surface area contributed by atoms with Crippen LogP contribution in [0.1, 0.15) is 0 Å². The van der Waals surface area contributed by atoms with E-state index in [9.17, 15) is 0 Å². The van der Waals surface area contributed by atoms with Crippen LogP contribution in [0.5, 0.6) is 17.2 Å². The molecule has 294 valence electrons. The Hall–Kier alpha value is -7.03. The molecule has 1 aromatic heterocycles. The molecule has 0 saturated heterocycles. The van der Waals surface area contributed by atoms with Crippen molar-refractivity contribution >= 4 is 97.1 Å². The molecule has 0 bridgehead atoms. The molecule has 10 aromatic carbocycles. The van der Waals surface area contributed by atoms with Crippen molar-refractivity contribution in [2.24, 2.45) is 0 Å². The van der Waals surface area contributed by atoms with Crippen LogP contribution in [0, 0.1) is 0 Å². The van der Waals surface area contributed by atoms with Crippen molar-refractivity contribution in [2.45, 2.75) is 0 Å². The van der Waals surface area contributed by atoms with Crippen LogP contribution in [0.25, 0.3) is 76.2 Å². The third-order valence-corrected chi connectivity index (χ3v) is 14.9. The molecule has 0 aliphatic carbocycles. The zero-order chi connectivity index (χ0) is 40.9. The Bertz CT molecular complexity index is 3380. The van der Waals surface area contributed by atoms with Crippen molar-refractivity contribution in [3.8, 4) is 28.4 Å². The van der Waals surface area contributed by atoms with E-state index >= 15 is 0 Å². The van der Waals surface area contributed by atoms with Crippen LogP contribution in [-0.4, -0.2) is 14.2 Å². The molecule has 7 heteroatoms. The summed E-state index contributed by atoms with van der Waals surface area (Å²) in [6.45, 7) is 0. The first-order valence-electron chi connectivity index (χ1n) is 20.2. The predicted molar refractivity (Wildman–Crippen MR) is 256 cm³/mol. The fourth-order valence-corrected chi connectivity index (χ4v) is 12.3. The number of methoxy groups -OCH3 is 2. The highest BCUT2D eigenvalue weighted by Crippen LogP contribution is 2.49. The Morgan fingerprint density at radius 3 is 1.38 bits per heavy atom. The van der Waals surface area contributed by atoms with E-state index in [-0.39, 0.29) is 0 Å². The molecule has 11 rings (SSSR count). The summed E-state index contributed by atoms with van der Waals surface area (Å²) in [5, 5.41) is 14.3. The Balaban J connectivity index is 1.22. The molecule has 61 heavy (non-hydrogen) atoms. The molecule has 0 saturated carbocycles. The van der Waals surface area contributed by atoms with Gasteiger partial charge in [-0.3, -0.25) is 0 Å². The van der Waals surface area contributed by atoms with Gasteiger partial charge in [-0.15, -0.1) is 0 Å². The van der Waals surface area contributed by atoms with E-state index in [4.69, 9.17) is 22.4 Å². The van der Waals surface area contributed by atoms with Crippen LogP contribution >= 0.6 is 16.2 Å². The van der Waals surface area contributed by atoms with Gasteiger partial charge in [-0.25, -0.2) is 0 Å². The summed E-state index contributed by atoms with van der Waals surface area (Å²) in [7, 11) is 0.242. The first-order valence-corrected chi connectivity index (χ1v) is 22.6. The zero-order valence-corrected chi connectivity index (χ0v) is 35.2. The summed E-state index contributed by atoms with van der Waals surface area (Å²) in [6.07, 6.45) is 0. The van der Waals surface area contributed by atoms with E-state index in [1.165, 1.54) is 5.30 Å². The normalized spacial score (nSPS) is 11.6. The first-order chi connectivity index (χ1) is 30.1. The van der Waals surface area contributed by atoms with E-state index in [0.717, 1.165) is 87.1 Å². The van der Waals surface area contributed by atoms with Crippen molar-refractivity contribution < 1.29 is 22.4 Å². The molecule has 0 N–H and O–H groups in total. The lowest BCUT2D eigenvalue weighted by molar-refractivity contribution is 0.415. The van der Waals surface area contributed by atoms with Crippen LogP contribution in [0.15, 0.2) is 203 Å². The molecular weight excluding hydrogens is 791 g/mol. The Morgan fingerprint density at radius 2 is 0.852 bits per heavy atom. The number of benzene rings is 10. The number of hydrogen-bond acceptors (Lipinski definition) is 5. The summed E-state index contributed by atoms with van der Waals surface area (Å²) in [6, 6.07) is 67.9. The largest absolute Gasteiger partial charge is 0.497 e. The van der Waals surface area contributed by atoms with Crippen LogP contribution < -0.4 is 29.9 Å². The van der Waals surface area contributed by atoms with Gasteiger partial charge in [-0.05, 0) is 109 Å². The van der Waals surface area contributed by atoms with Crippen molar-refractivity contribution in [1.29, 1.82) is 0 Å². The molecule has 0 amide bonds. The van der Waals surface area contributed by atoms with Crippen LogP contribution in [0.3, 0.4) is 0 Å². The van der Waals surface area contributed by atoms with Gasteiger partial charge in [-0.2, -0.15) is 0 Å². The summed E-state index contributed by atoms with van der Waals surface area (Å²) < 4.78 is 32.8. The van der Waals surface area contributed by atoms with Crippen LogP contribution in [-0.2, 0) is 0 Å². The Labute approximate surface area is 354 Å². The molecule has 5 nitrogen and oxygen atoms in total. The number of ether oxygens (including phenoxy) is 2. The van der Waals surface area contributed by atoms with E-state index < -0.39 is 16.2 Å². The van der Waals surface area contributed by atoms with Gasteiger partial charge in [0.25, 0.3) is 0 Å². The lowest BCUT2D eigenvalue weighted by Gasteiger charge is -2.26. The molecule has 0 aliphatic heterocycles. The van der Waals surface area contributed by atoms with E-state index in [1.54, 1.807) is 14.2 Å². The van der Waals surface area contributed by atoms with Gasteiger partial charge in [0.2, 0.25) is 0 Å². The maximum atomic E-state index is 7.22. The van der Waals surface area contributed by atoms with Gasteiger partial charge in [0.15, 0.2) is 0 Å². The first kappa shape index (κ1) is 37.0. The quantitative estimate of drug-likeness (QED) is 0.143. The third kappa shape index (κ3) is 6.55. The second-order valence-electron chi connectivity index (χ2n) is 14.9. The highest BCUT2D eigenvalue weighted by Gasteiger charge is 2.27. The van der Waals surface area contributed by atoms with Gasteiger partial charge >= 0.3 is 8.24 Å². The number of hydrogen-bond donors (Lipinski definition) is 0. The molecule has 0 unspecified atom stereocenters. The minimum Gasteiger partial charge on any atom is -0.497 e. The standard InChI is InChI=1S/C54H38O5P2/c1-55-39-17-11-19-41(33-39)60(42-20-12-18-40(34-42)56-2)50-32-28-38-16-6-10-24-46(38)54(50)53-45-23-9-5-15-37(45)27-31-49(53)59-61-57-47-29-25-35-13-3-7-21-43(35)51(47)52-44-22-8-4-14-36(44)26-30-48(52)58-61/h3-34H,1-2H3. The minimum absolute atomic E-state index is 0.667. The fraction of sp³-hybridized carbons (Fsp3) is 0.0370. The van der Waals surface area contributed by atoms with Crippen LogP contribution in [0.2, 0.25) is 0 Å². The SMILES string of the molecule is COc1cccc(P(c2cccc(OC)c2)c2ccc3ccccc3c2-c2c(Op3oc4ccc5ccccc5c4c4c(ccc5ccccc54)o3)ccc3ccccc23)c1. The zero-order valence-electron chi connectivity index (χ0n) is 33.4. The van der Waals surface area contributed by atoms with Gasteiger partial charge in [0.05, 0.1) is 14.2 Å². The topological polar surface area (TPSA) is 54.0 Å².